The van der Waals surface area contributed by atoms with Crippen LogP contribution in [-0.4, -0.2) is 7.11 Å². The van der Waals surface area contributed by atoms with Crippen molar-refractivity contribution >= 4 is 7.67 Å². The van der Waals surface area contributed by atoms with Gasteiger partial charge in [-0.2, -0.15) is 0 Å². The second-order valence-electron chi connectivity index (χ2n) is 1.03. The number of hydrogen-bond acceptors (Lipinski definition) is 2. The van der Waals surface area contributed by atoms with Crippen molar-refractivity contribution in [3.63, 3.8) is 0 Å². The normalized spacial score (nSPS) is 14.1. The number of hydrogen-bond donors (Lipinski definition) is 0. The van der Waals surface area contributed by atoms with E-state index in [-0.39, 0.29) is 0 Å². The first kappa shape index (κ1) is 8.81. The minimum atomic E-state index is -3.78. The summed E-state index contributed by atoms with van der Waals surface area (Å²) in [6.07, 6.45) is 0. The molecule has 0 saturated carbocycles. The number of azide groups is 1. The third kappa shape index (κ3) is 2.39. The highest BCUT2D eigenvalue weighted by atomic mass is 31.2. The van der Waals surface area contributed by atoms with Crippen molar-refractivity contribution in [3.8, 4) is 0 Å². The van der Waals surface area contributed by atoms with Gasteiger partial charge in [0.05, 0.1) is 0 Å². The fraction of sp³-hybridized carbons (Fsp3) is 1.00. The Labute approximate surface area is 55.6 Å². The molecule has 0 aromatic carbocycles. The molecule has 0 spiro atoms. The summed E-state index contributed by atoms with van der Waals surface area (Å²) < 4.78 is 14.9. The van der Waals surface area contributed by atoms with E-state index in [0.717, 1.165) is 7.11 Å². The minimum absolute atomic E-state index is 1.02. The van der Waals surface area contributed by atoms with E-state index in [9.17, 15) is 4.57 Å². The first-order valence-electron chi connectivity index (χ1n) is 1.97. The average Bonchev–Trinajstić information content (AvgIpc) is 1.89. The molecule has 0 aliphatic carbocycles. The van der Waals surface area contributed by atoms with E-state index in [1.54, 1.807) is 0 Å². The average molecular weight is 162 g/mol. The molecular weight excluding hydrogens is 159 g/mol. The van der Waals surface area contributed by atoms with Gasteiger partial charge in [-0.25, -0.2) is 0 Å². The zero-order valence-electron chi connectivity index (χ0n) is 4.95. The molecule has 0 radical (unpaired) electrons. The van der Waals surface area contributed by atoms with E-state index in [1.165, 1.54) is 0 Å². The molecule has 0 aromatic heterocycles. The molecule has 0 rings (SSSR count). The molecule has 0 aliphatic heterocycles. The van der Waals surface area contributed by atoms with Gasteiger partial charge >= 0.3 is 7.67 Å². The lowest BCUT2D eigenvalue weighted by Crippen LogP contribution is -1.71. The summed E-state index contributed by atoms with van der Waals surface area (Å²) >= 11 is 0. The Balaban J connectivity index is 4.72. The van der Waals surface area contributed by atoms with Gasteiger partial charge in [0.15, 0.2) is 0 Å². The van der Waals surface area contributed by atoms with Crippen LogP contribution in [0, 0.1) is 0 Å². The predicted octanol–water partition coefficient (Wildman–Crippen LogP) is 2.36. The van der Waals surface area contributed by atoms with Crippen molar-refractivity contribution in [1.82, 2.24) is 0 Å². The van der Waals surface area contributed by atoms with E-state index in [2.05, 4.69) is 24.1 Å². The van der Waals surface area contributed by atoms with Crippen LogP contribution in [0.2, 0.25) is 0 Å². The maximum Gasteiger partial charge on any atom is 0.374 e. The van der Waals surface area contributed by atoms with Crippen molar-refractivity contribution in [3.05, 3.63) is 20.9 Å². The number of rotatable bonds is 3. The van der Waals surface area contributed by atoms with Gasteiger partial charge in [0.1, 0.15) is 0 Å². The van der Waals surface area contributed by atoms with Crippen LogP contribution in [0.25, 0.3) is 20.9 Å². The van der Waals surface area contributed by atoms with Crippen LogP contribution in [0.1, 0.15) is 0 Å². The molecule has 0 unspecified atom stereocenters. The molecule has 10 heavy (non-hydrogen) atoms. The lowest BCUT2D eigenvalue weighted by molar-refractivity contribution is 0.395. The molecule has 8 nitrogen and oxygen atoms in total. The van der Waals surface area contributed by atoms with Crippen LogP contribution >= 0.6 is 7.67 Å². The Kier molecular flexibility index (Phi) is 3.32. The Morgan fingerprint density at radius 1 is 1.40 bits per heavy atom. The minimum Gasteiger partial charge on any atom is -0.323 e. The standard InChI is InChI=1S/CH3N6O2P/c1-9-10(8,6-4-2)7-5-3/h1H3. The highest BCUT2D eigenvalue weighted by Gasteiger charge is 2.15. The topological polar surface area (TPSA) is 124 Å². The van der Waals surface area contributed by atoms with Crippen molar-refractivity contribution in [2.45, 2.75) is 0 Å². The first-order chi connectivity index (χ1) is 4.68. The van der Waals surface area contributed by atoms with Gasteiger partial charge in [-0.15, -0.1) is 0 Å². The van der Waals surface area contributed by atoms with Crippen molar-refractivity contribution in [1.29, 1.82) is 0 Å². The van der Waals surface area contributed by atoms with Crippen LogP contribution in [0.15, 0.2) is 9.77 Å². The smallest absolute Gasteiger partial charge is 0.323 e. The van der Waals surface area contributed by atoms with E-state index in [0.29, 0.717) is 0 Å². The molecule has 0 bridgehead atoms. The Bertz CT molecular complexity index is 224. The summed E-state index contributed by atoms with van der Waals surface area (Å²) in [7, 11) is -2.77. The van der Waals surface area contributed by atoms with Crippen LogP contribution in [0.4, 0.5) is 0 Å². The Morgan fingerprint density at radius 3 is 2.00 bits per heavy atom. The molecule has 0 aliphatic rings. The first-order valence-corrected chi connectivity index (χ1v) is 3.50. The van der Waals surface area contributed by atoms with Gasteiger partial charge in [-0.1, -0.05) is 0 Å². The Hall–Kier alpha value is -1.19. The molecule has 0 aromatic rings. The maximum absolute atomic E-state index is 10.7. The Morgan fingerprint density at radius 2 is 1.80 bits per heavy atom. The van der Waals surface area contributed by atoms with Crippen molar-refractivity contribution in [2.24, 2.45) is 9.77 Å². The maximum atomic E-state index is 10.7. The van der Waals surface area contributed by atoms with Gasteiger partial charge in [0.2, 0.25) is 0 Å². The quantitative estimate of drug-likeness (QED) is 0.273. The molecule has 0 fully saturated rings. The van der Waals surface area contributed by atoms with Crippen LogP contribution < -0.4 is 0 Å². The second-order valence-corrected chi connectivity index (χ2v) is 2.73. The van der Waals surface area contributed by atoms with E-state index in [4.69, 9.17) is 11.1 Å². The van der Waals surface area contributed by atoms with E-state index < -0.39 is 7.67 Å². The van der Waals surface area contributed by atoms with Gasteiger partial charge in [-0.3, -0.25) is 4.57 Å². The lowest BCUT2D eigenvalue weighted by Gasteiger charge is -1.97. The molecule has 0 N–H and O–H groups in total. The molecular formula is CH3N6O2P. The summed E-state index contributed by atoms with van der Waals surface area (Å²) in [4.78, 5) is 9.65. The summed E-state index contributed by atoms with van der Waals surface area (Å²) in [5, 5.41) is 0. The van der Waals surface area contributed by atoms with Crippen molar-refractivity contribution < 1.29 is 9.09 Å². The molecule has 0 saturated heterocycles. The zero-order valence-corrected chi connectivity index (χ0v) is 5.84. The molecule has 54 valence electrons. The third-order valence-electron chi connectivity index (χ3n) is 0.544. The van der Waals surface area contributed by atoms with E-state index in [1.807, 2.05) is 0 Å². The van der Waals surface area contributed by atoms with Crippen LogP contribution in [0.5, 0.6) is 0 Å². The highest BCUT2D eigenvalue weighted by molar-refractivity contribution is 7.55. The van der Waals surface area contributed by atoms with Crippen LogP contribution in [-0.2, 0) is 9.09 Å². The molecule has 0 heterocycles. The van der Waals surface area contributed by atoms with Gasteiger partial charge in [0, 0.05) is 26.7 Å². The fourth-order valence-corrected chi connectivity index (χ4v) is 0.576. The largest absolute Gasteiger partial charge is 0.374 e. The van der Waals surface area contributed by atoms with Crippen molar-refractivity contribution in [2.75, 3.05) is 7.11 Å². The zero-order chi connectivity index (χ0) is 8.04. The van der Waals surface area contributed by atoms with Gasteiger partial charge in [-0.05, 0) is 11.1 Å². The highest BCUT2D eigenvalue weighted by Crippen LogP contribution is 2.49. The fourth-order valence-electron chi connectivity index (χ4n) is 0.192. The third-order valence-corrected chi connectivity index (χ3v) is 1.63. The van der Waals surface area contributed by atoms with Crippen LogP contribution in [0.3, 0.4) is 0 Å². The van der Waals surface area contributed by atoms with Gasteiger partial charge < -0.3 is 4.52 Å². The van der Waals surface area contributed by atoms with Gasteiger partial charge in [0.25, 0.3) is 0 Å². The predicted molar refractivity (Wildman–Crippen MR) is 32.9 cm³/mol. The lowest BCUT2D eigenvalue weighted by atomic mass is 11.8. The van der Waals surface area contributed by atoms with E-state index >= 15 is 0 Å². The summed E-state index contributed by atoms with van der Waals surface area (Å²) in [5.74, 6) is 0. The SMILES string of the molecule is COP(=O)(N=[N+]=[N-])N=[N+]=[N-]. The molecule has 0 atom stereocenters. The monoisotopic (exact) mass is 162 g/mol. The molecule has 0 amide bonds. The molecule has 9 heteroatoms. The number of nitrogens with zero attached hydrogens (tertiary/aromatic N) is 6. The second kappa shape index (κ2) is 3.76. The summed E-state index contributed by atoms with van der Waals surface area (Å²) in [6.45, 7) is 0. The summed E-state index contributed by atoms with van der Waals surface area (Å²) in [5.41, 5.74) is 15.6. The summed E-state index contributed by atoms with van der Waals surface area (Å²) in [6, 6.07) is 0.